The highest BCUT2D eigenvalue weighted by Crippen LogP contribution is 2.30. The summed E-state index contributed by atoms with van der Waals surface area (Å²) >= 11 is 0. The minimum absolute atomic E-state index is 0.0717. The van der Waals surface area contributed by atoms with Crippen LogP contribution in [0.4, 0.5) is 18.9 Å². The molecule has 19 heavy (non-hydrogen) atoms. The fourth-order valence-corrected chi connectivity index (χ4v) is 1.86. The molecule has 13 heteroatoms. The quantitative estimate of drug-likeness (QED) is 0.505. The van der Waals surface area contributed by atoms with Gasteiger partial charge in [-0.3, -0.25) is 19.9 Å². The van der Waals surface area contributed by atoms with E-state index in [0.717, 1.165) is 0 Å². The van der Waals surface area contributed by atoms with Crippen molar-refractivity contribution in [1.82, 2.24) is 4.98 Å². The molecule has 0 atom stereocenters. The van der Waals surface area contributed by atoms with Crippen LogP contribution in [0.3, 0.4) is 0 Å². The summed E-state index contributed by atoms with van der Waals surface area (Å²) in [6.45, 7) is 0. The number of H-pyrrole nitrogens is 1. The zero-order valence-corrected chi connectivity index (χ0v) is 9.97. The molecular formula is C6H2ClF3N2O6S. The minimum atomic E-state index is -5.31. The van der Waals surface area contributed by atoms with Gasteiger partial charge in [-0.25, -0.2) is 8.42 Å². The molecule has 0 saturated carbocycles. The Morgan fingerprint density at radius 2 is 1.95 bits per heavy atom. The number of halogens is 4. The number of aromatic nitrogens is 1. The Morgan fingerprint density at radius 1 is 1.42 bits per heavy atom. The number of nitrogens with zero attached hydrogens (tertiary/aromatic N) is 1. The summed E-state index contributed by atoms with van der Waals surface area (Å²) < 4.78 is 60.8. The molecule has 1 aromatic heterocycles. The Balaban J connectivity index is 3.56. The van der Waals surface area contributed by atoms with E-state index in [1.807, 2.05) is 0 Å². The topological polar surface area (TPSA) is 119 Å². The lowest BCUT2D eigenvalue weighted by molar-refractivity contribution is -0.389. The van der Waals surface area contributed by atoms with Gasteiger partial charge in [-0.2, -0.15) is 0 Å². The smallest absolute Gasteiger partial charge is 0.382 e. The molecule has 0 aliphatic carbocycles. The molecule has 0 aromatic carbocycles. The monoisotopic (exact) mass is 322 g/mol. The summed E-state index contributed by atoms with van der Waals surface area (Å²) in [5.74, 6) is -1.55. The van der Waals surface area contributed by atoms with Gasteiger partial charge in [0.05, 0.1) is 4.92 Å². The van der Waals surface area contributed by atoms with Crippen molar-refractivity contribution in [2.45, 2.75) is 11.3 Å². The second-order valence-electron chi connectivity index (χ2n) is 2.92. The summed E-state index contributed by atoms with van der Waals surface area (Å²) in [5, 5.41) is 10.5. The second kappa shape index (κ2) is 4.70. The van der Waals surface area contributed by atoms with Crippen molar-refractivity contribution in [1.29, 1.82) is 0 Å². The third-order valence-electron chi connectivity index (χ3n) is 1.63. The summed E-state index contributed by atoms with van der Waals surface area (Å²) in [7, 11) is 0.130. The van der Waals surface area contributed by atoms with Crippen molar-refractivity contribution >= 4 is 25.4 Å². The Bertz CT molecular complexity index is 681. The van der Waals surface area contributed by atoms with Gasteiger partial charge >= 0.3 is 12.0 Å². The van der Waals surface area contributed by atoms with Crippen LogP contribution in [0.2, 0.25) is 0 Å². The van der Waals surface area contributed by atoms with Crippen LogP contribution in [-0.2, 0) is 9.05 Å². The molecule has 0 saturated heterocycles. The van der Waals surface area contributed by atoms with Crippen molar-refractivity contribution in [3.8, 4) is 5.88 Å². The predicted molar refractivity (Wildman–Crippen MR) is 53.4 cm³/mol. The number of alkyl halides is 3. The molecule has 0 fully saturated rings. The first-order valence-electron chi connectivity index (χ1n) is 4.04. The van der Waals surface area contributed by atoms with Crippen molar-refractivity contribution in [3.63, 3.8) is 0 Å². The van der Waals surface area contributed by atoms with E-state index in [1.165, 1.54) is 4.98 Å². The van der Waals surface area contributed by atoms with Crippen molar-refractivity contribution in [2.24, 2.45) is 0 Å². The van der Waals surface area contributed by atoms with Crippen molar-refractivity contribution < 1.29 is 31.2 Å². The van der Waals surface area contributed by atoms with Crippen molar-refractivity contribution in [3.05, 3.63) is 26.5 Å². The largest absolute Gasteiger partial charge is 0.574 e. The van der Waals surface area contributed by atoms with Gasteiger partial charge < -0.3 is 4.74 Å². The Kier molecular flexibility index (Phi) is 3.77. The van der Waals surface area contributed by atoms with E-state index in [4.69, 9.17) is 10.7 Å². The van der Waals surface area contributed by atoms with E-state index in [0.29, 0.717) is 0 Å². The van der Waals surface area contributed by atoms with Crippen LogP contribution < -0.4 is 10.3 Å². The normalized spacial score (nSPS) is 12.2. The van der Waals surface area contributed by atoms with Gasteiger partial charge in [0.1, 0.15) is 0 Å². The highest BCUT2D eigenvalue weighted by molar-refractivity contribution is 8.13. The summed E-state index contributed by atoms with van der Waals surface area (Å²) in [6, 6.07) is 0.0717. The maximum absolute atomic E-state index is 11.9. The fraction of sp³-hybridized carbons (Fsp3) is 0.167. The molecule has 0 unspecified atom stereocenters. The van der Waals surface area contributed by atoms with E-state index in [1.54, 1.807) is 0 Å². The first-order chi connectivity index (χ1) is 8.42. The summed E-state index contributed by atoms with van der Waals surface area (Å²) in [5.41, 5.74) is -2.99. The van der Waals surface area contributed by atoms with E-state index >= 15 is 0 Å². The van der Waals surface area contributed by atoms with Gasteiger partial charge in [0.2, 0.25) is 0 Å². The molecule has 0 amide bonds. The number of rotatable bonds is 3. The lowest BCUT2D eigenvalue weighted by Gasteiger charge is -2.08. The molecule has 1 aromatic rings. The lowest BCUT2D eigenvalue weighted by Crippen LogP contribution is -2.23. The molecular weight excluding hydrogens is 321 g/mol. The Morgan fingerprint density at radius 3 is 2.32 bits per heavy atom. The van der Waals surface area contributed by atoms with Gasteiger partial charge in [0.15, 0.2) is 4.90 Å². The zero-order valence-electron chi connectivity index (χ0n) is 8.39. The number of ether oxygens (including phenoxy) is 1. The fourth-order valence-electron chi connectivity index (χ4n) is 0.994. The van der Waals surface area contributed by atoms with Gasteiger partial charge in [0.25, 0.3) is 20.5 Å². The zero-order chi connectivity index (χ0) is 15.0. The molecule has 0 aliphatic heterocycles. The van der Waals surface area contributed by atoms with Crippen LogP contribution in [0.25, 0.3) is 0 Å². The van der Waals surface area contributed by atoms with Crippen LogP contribution >= 0.6 is 10.7 Å². The van der Waals surface area contributed by atoms with E-state index in [2.05, 4.69) is 4.74 Å². The lowest BCUT2D eigenvalue weighted by atomic mass is 10.4. The van der Waals surface area contributed by atoms with E-state index in [9.17, 15) is 36.5 Å². The molecule has 106 valence electrons. The molecule has 0 bridgehead atoms. The van der Waals surface area contributed by atoms with Gasteiger partial charge in [-0.1, -0.05) is 0 Å². The predicted octanol–water partition coefficient (Wildman–Crippen LogP) is 1.11. The number of nitrogens with one attached hydrogen (secondary N) is 1. The van der Waals surface area contributed by atoms with Gasteiger partial charge in [-0.05, 0) is 0 Å². The van der Waals surface area contributed by atoms with Crippen LogP contribution in [0.1, 0.15) is 0 Å². The maximum atomic E-state index is 11.9. The Labute approximate surface area is 106 Å². The van der Waals surface area contributed by atoms with Gasteiger partial charge in [0, 0.05) is 16.7 Å². The van der Waals surface area contributed by atoms with E-state index in [-0.39, 0.29) is 6.07 Å². The average Bonchev–Trinajstić information content (AvgIpc) is 2.11. The van der Waals surface area contributed by atoms with Gasteiger partial charge in [-0.15, -0.1) is 13.2 Å². The molecule has 1 heterocycles. The molecule has 0 spiro atoms. The third-order valence-corrected chi connectivity index (χ3v) is 2.96. The van der Waals surface area contributed by atoms with Crippen LogP contribution in [0, 0.1) is 10.1 Å². The number of hydrogen-bond acceptors (Lipinski definition) is 6. The molecule has 8 nitrogen and oxygen atoms in total. The third kappa shape index (κ3) is 3.82. The minimum Gasteiger partial charge on any atom is -0.382 e. The molecule has 0 radical (unpaired) electrons. The molecule has 1 N–H and O–H groups in total. The Hall–Kier alpha value is -1.82. The van der Waals surface area contributed by atoms with Crippen LogP contribution in [-0.4, -0.2) is 24.7 Å². The SMILES string of the molecule is O=c1[nH]c(OC(F)(F)F)c([N+](=O)[O-])cc1S(=O)(=O)Cl. The first kappa shape index (κ1) is 15.2. The maximum Gasteiger partial charge on any atom is 0.574 e. The standard InChI is InChI=1S/C6H2ClF3N2O6S/c7-19(16,17)3-1-2(12(14)15)5(11-4(3)13)18-6(8,9)10/h1H,(H,11,13). The van der Waals surface area contributed by atoms with Crippen LogP contribution in [0.5, 0.6) is 5.88 Å². The number of pyridine rings is 1. The highest BCUT2D eigenvalue weighted by Gasteiger charge is 2.36. The van der Waals surface area contributed by atoms with E-state index < -0.39 is 42.4 Å². The summed E-state index contributed by atoms with van der Waals surface area (Å²) in [4.78, 5) is 20.3. The number of hydrogen-bond donors (Lipinski definition) is 1. The first-order valence-corrected chi connectivity index (χ1v) is 6.35. The highest BCUT2D eigenvalue weighted by atomic mass is 35.7. The molecule has 0 aliphatic rings. The van der Waals surface area contributed by atoms with Crippen LogP contribution in [0.15, 0.2) is 15.8 Å². The average molecular weight is 323 g/mol. The summed E-state index contributed by atoms with van der Waals surface area (Å²) in [6.07, 6.45) is -5.31. The second-order valence-corrected chi connectivity index (χ2v) is 5.45. The number of aromatic amines is 1. The van der Waals surface area contributed by atoms with Crippen molar-refractivity contribution in [2.75, 3.05) is 0 Å². The number of nitro groups is 1. The molecule has 1 rings (SSSR count).